The largest absolute Gasteiger partial charge is 0.497 e. The summed E-state index contributed by atoms with van der Waals surface area (Å²) < 4.78 is 10.6. The number of carbonyl (C=O) groups is 4. The molecule has 0 saturated carbocycles. The molecule has 0 radical (unpaired) electrons. The van der Waals surface area contributed by atoms with Crippen molar-refractivity contribution in [3.63, 3.8) is 0 Å². The zero-order valence-electron chi connectivity index (χ0n) is 28.7. The molecule has 11 nitrogen and oxygen atoms in total. The van der Waals surface area contributed by atoms with E-state index in [1.807, 2.05) is 63.2 Å². The normalized spacial score (nSPS) is 12.7. The Morgan fingerprint density at radius 2 is 1.35 bits per heavy atom. The van der Waals surface area contributed by atoms with Crippen molar-refractivity contribution in [3.8, 4) is 11.5 Å². The van der Waals surface area contributed by atoms with Crippen molar-refractivity contribution in [2.45, 2.75) is 58.7 Å². The molecule has 3 atom stereocenters. The molecule has 0 aliphatic heterocycles. The van der Waals surface area contributed by atoms with Crippen LogP contribution in [0.4, 0.5) is 0 Å². The van der Waals surface area contributed by atoms with Gasteiger partial charge in [-0.15, -0.1) is 0 Å². The van der Waals surface area contributed by atoms with Gasteiger partial charge in [0.2, 0.25) is 11.8 Å². The van der Waals surface area contributed by atoms with Crippen molar-refractivity contribution < 1.29 is 28.7 Å². The van der Waals surface area contributed by atoms with Gasteiger partial charge in [-0.25, -0.2) is 0 Å². The summed E-state index contributed by atoms with van der Waals surface area (Å²) in [4.78, 5) is 51.9. The third kappa shape index (κ3) is 11.7. The first kappa shape index (κ1) is 37.6. The smallest absolute Gasteiger partial charge is 0.251 e. The maximum atomic E-state index is 13.5. The highest BCUT2D eigenvalue weighted by atomic mass is 16.5. The van der Waals surface area contributed by atoms with E-state index in [9.17, 15) is 19.2 Å². The van der Waals surface area contributed by atoms with Gasteiger partial charge in [0.25, 0.3) is 11.8 Å². The summed E-state index contributed by atoms with van der Waals surface area (Å²) in [5, 5.41) is 14.8. The molecule has 0 aromatic heterocycles. The Morgan fingerprint density at radius 1 is 0.708 bits per heavy atom. The highest BCUT2D eigenvalue weighted by molar-refractivity contribution is 5.99. The fourth-order valence-corrected chi connectivity index (χ4v) is 5.09. The van der Waals surface area contributed by atoms with Crippen molar-refractivity contribution in [2.75, 3.05) is 33.9 Å². The highest BCUT2D eigenvalue weighted by Crippen LogP contribution is 2.22. The van der Waals surface area contributed by atoms with E-state index >= 15 is 0 Å². The Kier molecular flexibility index (Phi) is 14.9. The number of hydrogen-bond donors (Lipinski definition) is 5. The zero-order chi connectivity index (χ0) is 35.1. The van der Waals surface area contributed by atoms with Crippen LogP contribution in [0.1, 0.15) is 59.5 Å². The minimum atomic E-state index is -0.656. The van der Waals surface area contributed by atoms with Crippen LogP contribution in [0.2, 0.25) is 0 Å². The molecule has 3 aromatic carbocycles. The van der Waals surface area contributed by atoms with Crippen LogP contribution in [0.3, 0.4) is 0 Å². The van der Waals surface area contributed by atoms with Gasteiger partial charge in [0.1, 0.15) is 17.5 Å². The van der Waals surface area contributed by atoms with Crippen LogP contribution in [0.5, 0.6) is 11.5 Å². The minimum Gasteiger partial charge on any atom is -0.497 e. The lowest BCUT2D eigenvalue weighted by Crippen LogP contribution is -2.55. The van der Waals surface area contributed by atoms with Gasteiger partial charge in [-0.05, 0) is 74.1 Å². The number of nitrogens with one attached hydrogen (secondary N) is 5. The topological polar surface area (TPSA) is 147 Å². The summed E-state index contributed by atoms with van der Waals surface area (Å²) in [6.07, 6.45) is 1.07. The third-order valence-corrected chi connectivity index (χ3v) is 7.82. The molecule has 0 saturated heterocycles. The molecule has 0 bridgehead atoms. The van der Waals surface area contributed by atoms with Gasteiger partial charge in [0.15, 0.2) is 0 Å². The summed E-state index contributed by atoms with van der Waals surface area (Å²) in [7, 11) is 3.17. The van der Waals surface area contributed by atoms with E-state index < -0.39 is 12.1 Å². The number of likely N-dealkylation sites (N-methyl/N-ethyl adjacent to an activating group) is 1. The number of hydrogen-bond acceptors (Lipinski definition) is 7. The lowest BCUT2D eigenvalue weighted by molar-refractivity contribution is -0.130. The first-order valence-electron chi connectivity index (χ1n) is 16.3. The number of methoxy groups -OCH3 is 2. The number of carbonyl (C=O) groups excluding carboxylic acids is 4. The standard InChI is InChI=1S/C37H49N5O6/c1-7-38-37(46)33(24(2)3)42-34(43)25(4)40-23-30(18-26-12-9-8-10-13-26)41-36(45)29-15-11-14-28(21-29)35(44)39-17-16-27-19-31(47-5)22-32(20-27)48-6/h8-15,19-22,24-25,30,33,40H,7,16-18,23H2,1-6H3,(H,38,46)(H,39,44)(H,41,45)(H,42,43)/t25-,30-,33-/m0/s1. The van der Waals surface area contributed by atoms with Crippen molar-refractivity contribution >= 4 is 23.6 Å². The highest BCUT2D eigenvalue weighted by Gasteiger charge is 2.26. The predicted molar refractivity (Wildman–Crippen MR) is 186 cm³/mol. The van der Waals surface area contributed by atoms with Crippen molar-refractivity contribution in [1.82, 2.24) is 26.6 Å². The number of rotatable bonds is 18. The molecule has 0 aliphatic carbocycles. The Labute approximate surface area is 283 Å². The van der Waals surface area contributed by atoms with Crippen LogP contribution in [0.25, 0.3) is 0 Å². The number of amides is 4. The minimum absolute atomic E-state index is 0.0901. The zero-order valence-corrected chi connectivity index (χ0v) is 28.7. The lowest BCUT2D eigenvalue weighted by Gasteiger charge is -2.25. The van der Waals surface area contributed by atoms with Crippen molar-refractivity contribution in [1.29, 1.82) is 0 Å². The average molecular weight is 660 g/mol. The second kappa shape index (κ2) is 19.0. The van der Waals surface area contributed by atoms with Crippen molar-refractivity contribution in [3.05, 3.63) is 95.1 Å². The number of benzene rings is 3. The molecular weight excluding hydrogens is 610 g/mol. The van der Waals surface area contributed by atoms with E-state index in [0.29, 0.717) is 48.6 Å². The van der Waals surface area contributed by atoms with Crippen molar-refractivity contribution in [2.24, 2.45) is 5.92 Å². The molecule has 3 rings (SSSR count). The van der Waals surface area contributed by atoms with E-state index in [0.717, 1.165) is 11.1 Å². The molecule has 4 amide bonds. The Balaban J connectivity index is 1.64. The SMILES string of the molecule is CCNC(=O)[C@@H](NC(=O)[C@H](C)NC[C@H](Cc1ccccc1)NC(=O)c1cccc(C(=O)NCCc2cc(OC)cc(OC)c2)c1)C(C)C. The molecule has 3 aromatic rings. The van der Waals surface area contributed by atoms with Gasteiger partial charge >= 0.3 is 0 Å². The fraction of sp³-hybridized carbons (Fsp3) is 0.405. The van der Waals surface area contributed by atoms with Gasteiger partial charge in [0, 0.05) is 42.9 Å². The van der Waals surface area contributed by atoms with Gasteiger partial charge in [-0.1, -0.05) is 50.2 Å². The molecule has 0 unspecified atom stereocenters. The molecule has 0 aliphatic rings. The molecule has 0 spiro atoms. The van der Waals surface area contributed by atoms with Crippen LogP contribution < -0.4 is 36.1 Å². The van der Waals surface area contributed by atoms with E-state index in [1.165, 1.54) is 0 Å². The molecular formula is C37H49N5O6. The average Bonchev–Trinajstić information content (AvgIpc) is 3.09. The quantitative estimate of drug-likeness (QED) is 0.141. The van der Waals surface area contributed by atoms with E-state index in [4.69, 9.17) is 9.47 Å². The van der Waals surface area contributed by atoms with Gasteiger partial charge in [0.05, 0.1) is 20.3 Å². The Hall–Kier alpha value is -4.90. The number of ether oxygens (including phenoxy) is 2. The van der Waals surface area contributed by atoms with Crippen LogP contribution >= 0.6 is 0 Å². The van der Waals surface area contributed by atoms with E-state index in [-0.39, 0.29) is 42.1 Å². The Bertz CT molecular complexity index is 1490. The molecule has 0 heterocycles. The molecule has 258 valence electrons. The molecule has 48 heavy (non-hydrogen) atoms. The van der Waals surface area contributed by atoms with Crippen LogP contribution in [0, 0.1) is 5.92 Å². The maximum absolute atomic E-state index is 13.5. The van der Waals surface area contributed by atoms with Crippen LogP contribution in [-0.4, -0.2) is 75.6 Å². The lowest BCUT2D eigenvalue weighted by atomic mass is 10.0. The monoisotopic (exact) mass is 659 g/mol. The predicted octanol–water partition coefficient (Wildman–Crippen LogP) is 3.27. The summed E-state index contributed by atoms with van der Waals surface area (Å²) in [6, 6.07) is 20.2. The second-order valence-electron chi connectivity index (χ2n) is 11.9. The van der Waals surface area contributed by atoms with E-state index in [2.05, 4.69) is 26.6 Å². The summed E-state index contributed by atoms with van der Waals surface area (Å²) in [5.41, 5.74) is 2.66. The van der Waals surface area contributed by atoms with Gasteiger partial charge in [-0.2, -0.15) is 0 Å². The molecule has 0 fully saturated rings. The Morgan fingerprint density at radius 3 is 1.96 bits per heavy atom. The van der Waals surface area contributed by atoms with Gasteiger partial charge in [-0.3, -0.25) is 19.2 Å². The third-order valence-electron chi connectivity index (χ3n) is 7.82. The summed E-state index contributed by atoms with van der Waals surface area (Å²) in [5.74, 6) is 0.0730. The first-order valence-corrected chi connectivity index (χ1v) is 16.3. The van der Waals surface area contributed by atoms with Gasteiger partial charge < -0.3 is 36.1 Å². The molecule has 5 N–H and O–H groups in total. The van der Waals surface area contributed by atoms with E-state index in [1.54, 1.807) is 51.5 Å². The fourth-order valence-electron chi connectivity index (χ4n) is 5.09. The summed E-state index contributed by atoms with van der Waals surface area (Å²) in [6.45, 7) is 8.45. The van der Waals surface area contributed by atoms with Crippen LogP contribution in [0.15, 0.2) is 72.8 Å². The maximum Gasteiger partial charge on any atom is 0.251 e. The van der Waals surface area contributed by atoms with Crippen LogP contribution in [-0.2, 0) is 22.4 Å². The summed E-state index contributed by atoms with van der Waals surface area (Å²) >= 11 is 0. The first-order chi connectivity index (χ1) is 23.0. The molecule has 11 heteroatoms. The second-order valence-corrected chi connectivity index (χ2v) is 11.9.